The van der Waals surface area contributed by atoms with Crippen molar-refractivity contribution in [3.8, 4) is 11.5 Å². The fraction of sp³-hybridized carbons (Fsp3) is 0.207. The van der Waals surface area contributed by atoms with Gasteiger partial charge in [0, 0.05) is 18.3 Å². The Hall–Kier alpha value is -4.77. The van der Waals surface area contributed by atoms with E-state index in [4.69, 9.17) is 4.74 Å². The van der Waals surface area contributed by atoms with E-state index < -0.39 is 6.03 Å². The van der Waals surface area contributed by atoms with Crippen LogP contribution in [0.5, 0.6) is 11.5 Å². The van der Waals surface area contributed by atoms with E-state index in [-0.39, 0.29) is 23.9 Å². The topological polar surface area (TPSA) is 126 Å². The maximum atomic E-state index is 13.4. The lowest BCUT2D eigenvalue weighted by molar-refractivity contribution is -0.117. The summed E-state index contributed by atoms with van der Waals surface area (Å²) in [5, 5.41) is 9.59. The summed E-state index contributed by atoms with van der Waals surface area (Å²) in [5.41, 5.74) is 1.03. The third kappa shape index (κ3) is 4.98. The van der Waals surface area contributed by atoms with Crippen LogP contribution in [0.15, 0.2) is 73.6 Å². The molecule has 10 nitrogen and oxygen atoms in total. The van der Waals surface area contributed by atoms with Gasteiger partial charge in [0.25, 0.3) is 5.91 Å². The van der Waals surface area contributed by atoms with Crippen LogP contribution in [0.4, 0.5) is 22.0 Å². The minimum absolute atomic E-state index is 0.0242. The number of para-hydroxylation sites is 1. The Kier molecular flexibility index (Phi) is 6.87. The highest BCUT2D eigenvalue weighted by Gasteiger charge is 2.34. The van der Waals surface area contributed by atoms with Crippen LogP contribution in [0.3, 0.4) is 0 Å². The predicted octanol–water partition coefficient (Wildman–Crippen LogP) is 5.51. The Balaban J connectivity index is 1.24. The number of pyridine rings is 2. The van der Waals surface area contributed by atoms with Crippen LogP contribution >= 0.6 is 11.3 Å². The molecule has 6 rings (SSSR count). The van der Waals surface area contributed by atoms with Gasteiger partial charge in [-0.3, -0.25) is 9.59 Å². The molecule has 4 amide bonds. The molecular weight excluding hydrogens is 528 g/mol. The van der Waals surface area contributed by atoms with Gasteiger partial charge >= 0.3 is 6.03 Å². The standard InChI is InChI=1S/C29H26N6O4S/c1-2-23(36)32-17-7-6-8-18(15-17)33-27(37)26-25-24-21(13-14-30-28(24)40-26)35(29(38)34-25)22-12-11-20(16-31-22)39-19-9-4-3-5-10-19/h2-5,9-14,16-18H,1,6-8,15H2,(H,32,36)(H,33,37)(H,34,38)/t17-,18-/m1/s1. The van der Waals surface area contributed by atoms with Crippen LogP contribution in [-0.2, 0) is 4.79 Å². The van der Waals surface area contributed by atoms with Gasteiger partial charge in [-0.25, -0.2) is 19.7 Å². The summed E-state index contributed by atoms with van der Waals surface area (Å²) in [5.74, 6) is 1.13. The van der Waals surface area contributed by atoms with Gasteiger partial charge < -0.3 is 20.7 Å². The number of aromatic nitrogens is 2. The fourth-order valence-corrected chi connectivity index (χ4v) is 6.15. The van der Waals surface area contributed by atoms with Gasteiger partial charge in [-0.05, 0) is 62.1 Å². The third-order valence-electron chi connectivity index (χ3n) is 6.92. The Bertz CT molecular complexity index is 1600. The van der Waals surface area contributed by atoms with Gasteiger partial charge in [0.1, 0.15) is 27.0 Å². The number of ether oxygens (including phenoxy) is 1. The van der Waals surface area contributed by atoms with Crippen molar-refractivity contribution in [1.29, 1.82) is 0 Å². The average molecular weight is 555 g/mol. The summed E-state index contributed by atoms with van der Waals surface area (Å²) in [6.45, 7) is 3.50. The quantitative estimate of drug-likeness (QED) is 0.259. The molecule has 0 radical (unpaired) electrons. The normalized spacial score (nSPS) is 18.1. The molecule has 4 aromatic rings. The second-order valence-electron chi connectivity index (χ2n) is 9.60. The Morgan fingerprint density at radius 1 is 1.05 bits per heavy atom. The third-order valence-corrected chi connectivity index (χ3v) is 8.02. The number of anilines is 3. The number of urea groups is 1. The Labute approximate surface area is 234 Å². The highest BCUT2D eigenvalue weighted by atomic mass is 32.1. The Morgan fingerprint density at radius 2 is 1.85 bits per heavy atom. The molecule has 1 aliphatic carbocycles. The van der Waals surface area contributed by atoms with E-state index in [1.54, 1.807) is 30.6 Å². The second-order valence-corrected chi connectivity index (χ2v) is 10.6. The molecule has 3 aromatic heterocycles. The molecule has 0 bridgehead atoms. The van der Waals surface area contributed by atoms with Gasteiger partial charge in [-0.2, -0.15) is 0 Å². The number of carbonyl (C=O) groups excluding carboxylic acids is 3. The van der Waals surface area contributed by atoms with E-state index >= 15 is 0 Å². The van der Waals surface area contributed by atoms with Crippen molar-refractivity contribution < 1.29 is 19.1 Å². The van der Waals surface area contributed by atoms with Gasteiger partial charge in [-0.15, -0.1) is 11.3 Å². The van der Waals surface area contributed by atoms with Crippen molar-refractivity contribution in [1.82, 2.24) is 20.6 Å². The highest BCUT2D eigenvalue weighted by molar-refractivity contribution is 7.21. The first-order chi connectivity index (χ1) is 19.5. The number of carbonyl (C=O) groups is 3. The molecule has 2 aliphatic rings. The minimum atomic E-state index is -0.429. The van der Waals surface area contributed by atoms with Gasteiger partial charge in [0.15, 0.2) is 0 Å². The lowest BCUT2D eigenvalue weighted by atomic mass is 9.91. The molecule has 4 heterocycles. The number of hydrogen-bond donors (Lipinski definition) is 3. The van der Waals surface area contributed by atoms with Crippen molar-refractivity contribution in [2.45, 2.75) is 37.8 Å². The molecule has 1 aromatic carbocycles. The number of hydrogen-bond acceptors (Lipinski definition) is 7. The lowest BCUT2D eigenvalue weighted by Gasteiger charge is -2.30. The molecular formula is C29H26N6O4S. The molecule has 0 unspecified atom stereocenters. The molecule has 202 valence electrons. The smallest absolute Gasteiger partial charge is 0.332 e. The van der Waals surface area contributed by atoms with Gasteiger partial charge in [-0.1, -0.05) is 24.8 Å². The number of benzene rings is 1. The molecule has 2 atom stereocenters. The van der Waals surface area contributed by atoms with Crippen molar-refractivity contribution in [3.05, 3.63) is 78.5 Å². The van der Waals surface area contributed by atoms with Gasteiger partial charge in [0.05, 0.1) is 23.0 Å². The van der Waals surface area contributed by atoms with Gasteiger partial charge in [0.2, 0.25) is 5.91 Å². The lowest BCUT2D eigenvalue weighted by Crippen LogP contribution is -2.45. The van der Waals surface area contributed by atoms with E-state index in [0.717, 1.165) is 19.3 Å². The van der Waals surface area contributed by atoms with Crippen LogP contribution in [0.1, 0.15) is 35.4 Å². The summed E-state index contributed by atoms with van der Waals surface area (Å²) in [7, 11) is 0. The maximum Gasteiger partial charge on any atom is 0.332 e. The monoisotopic (exact) mass is 554 g/mol. The minimum Gasteiger partial charge on any atom is -0.456 e. The van der Waals surface area contributed by atoms with Crippen LogP contribution in [0, 0.1) is 0 Å². The van der Waals surface area contributed by atoms with E-state index in [1.807, 2.05) is 30.3 Å². The number of rotatable bonds is 7. The van der Waals surface area contributed by atoms with Crippen LogP contribution in [-0.4, -0.2) is 39.9 Å². The molecule has 0 saturated heterocycles. The fourth-order valence-electron chi connectivity index (χ4n) is 5.12. The number of amides is 4. The summed E-state index contributed by atoms with van der Waals surface area (Å²) >= 11 is 1.23. The van der Waals surface area contributed by atoms with E-state index in [2.05, 4.69) is 32.5 Å². The molecule has 40 heavy (non-hydrogen) atoms. The summed E-state index contributed by atoms with van der Waals surface area (Å²) in [6.07, 6.45) is 7.61. The zero-order valence-corrected chi connectivity index (χ0v) is 22.2. The summed E-state index contributed by atoms with van der Waals surface area (Å²) < 4.78 is 5.83. The molecule has 3 N–H and O–H groups in total. The van der Waals surface area contributed by atoms with E-state index in [0.29, 0.717) is 50.2 Å². The summed E-state index contributed by atoms with van der Waals surface area (Å²) in [4.78, 5) is 49.9. The first-order valence-corrected chi connectivity index (χ1v) is 13.8. The van der Waals surface area contributed by atoms with E-state index in [1.165, 1.54) is 22.3 Å². The molecule has 1 fully saturated rings. The van der Waals surface area contributed by atoms with Crippen LogP contribution in [0.25, 0.3) is 10.2 Å². The zero-order chi connectivity index (χ0) is 27.6. The van der Waals surface area contributed by atoms with Crippen LogP contribution < -0.4 is 25.6 Å². The first-order valence-electron chi connectivity index (χ1n) is 13.0. The summed E-state index contributed by atoms with van der Waals surface area (Å²) in [6, 6.07) is 14.0. The maximum absolute atomic E-state index is 13.4. The van der Waals surface area contributed by atoms with Crippen molar-refractivity contribution in [2.75, 3.05) is 10.2 Å². The number of nitrogens with zero attached hydrogens (tertiary/aromatic N) is 3. The second kappa shape index (κ2) is 10.8. The van der Waals surface area contributed by atoms with Crippen molar-refractivity contribution >= 4 is 56.6 Å². The predicted molar refractivity (Wildman–Crippen MR) is 153 cm³/mol. The van der Waals surface area contributed by atoms with Crippen molar-refractivity contribution in [2.24, 2.45) is 0 Å². The number of nitrogens with one attached hydrogen (secondary N) is 3. The zero-order valence-electron chi connectivity index (χ0n) is 21.4. The molecule has 0 spiro atoms. The SMILES string of the molecule is C=CC(=O)N[C@@H]1CCC[C@@H](NC(=O)c2sc3nccc4c3c2NC(=O)N4c2ccc(Oc3ccccc3)cn2)C1. The Morgan fingerprint density at radius 3 is 2.60 bits per heavy atom. The highest BCUT2D eigenvalue weighted by Crippen LogP contribution is 2.45. The largest absolute Gasteiger partial charge is 0.456 e. The van der Waals surface area contributed by atoms with E-state index in [9.17, 15) is 14.4 Å². The average Bonchev–Trinajstić information content (AvgIpc) is 3.34. The van der Waals surface area contributed by atoms with Crippen LogP contribution in [0.2, 0.25) is 0 Å². The molecule has 1 saturated carbocycles. The number of thiophene rings is 1. The van der Waals surface area contributed by atoms with Crippen molar-refractivity contribution in [3.63, 3.8) is 0 Å². The molecule has 1 aliphatic heterocycles. The first kappa shape index (κ1) is 25.5. The molecule has 11 heteroatoms.